The number of nitrogens with zero attached hydrogens (tertiary/aromatic N) is 1. The van der Waals surface area contributed by atoms with Gasteiger partial charge in [0.2, 0.25) is 0 Å². The first-order valence-corrected chi connectivity index (χ1v) is 14.4. The van der Waals surface area contributed by atoms with E-state index in [1.807, 2.05) is 42.5 Å². The van der Waals surface area contributed by atoms with Crippen LogP contribution in [0.25, 0.3) is 0 Å². The molecule has 0 aliphatic heterocycles. The fourth-order valence-corrected chi connectivity index (χ4v) is 4.29. The highest BCUT2D eigenvalue weighted by atomic mass is 19.1. The zero-order valence-corrected chi connectivity index (χ0v) is 24.2. The lowest BCUT2D eigenvalue weighted by atomic mass is 10.1. The van der Waals surface area contributed by atoms with E-state index in [1.165, 1.54) is 12.1 Å². The Balaban J connectivity index is 1.45. The summed E-state index contributed by atoms with van der Waals surface area (Å²) in [5.74, 6) is -0.618. The van der Waals surface area contributed by atoms with Crippen LogP contribution in [-0.4, -0.2) is 67.6 Å². The van der Waals surface area contributed by atoms with Gasteiger partial charge in [-0.1, -0.05) is 54.6 Å². The summed E-state index contributed by atoms with van der Waals surface area (Å²) in [7, 11) is 0. The van der Waals surface area contributed by atoms with Gasteiger partial charge in [0.25, 0.3) is 0 Å². The van der Waals surface area contributed by atoms with E-state index in [9.17, 15) is 19.1 Å². The minimum absolute atomic E-state index is 0.146. The monoisotopic (exact) mass is 580 g/mol. The fraction of sp³-hybridized carbons (Fsp3) is 0.394. The van der Waals surface area contributed by atoms with E-state index in [2.05, 4.69) is 5.32 Å². The lowest BCUT2D eigenvalue weighted by Gasteiger charge is -2.23. The molecule has 0 aromatic heterocycles. The predicted molar refractivity (Wildman–Crippen MR) is 159 cm³/mol. The number of hydrogen-bond donors (Lipinski definition) is 2. The minimum atomic E-state index is -0.987. The van der Waals surface area contributed by atoms with Crippen LogP contribution >= 0.6 is 0 Å². The summed E-state index contributed by atoms with van der Waals surface area (Å²) in [6.45, 7) is 4.84. The highest BCUT2D eigenvalue weighted by Crippen LogP contribution is 2.15. The predicted octanol–water partition coefficient (Wildman–Crippen LogP) is 5.49. The number of benzene rings is 3. The average Bonchev–Trinajstić information content (AvgIpc) is 3.00. The van der Waals surface area contributed by atoms with E-state index >= 15 is 0 Å². The van der Waals surface area contributed by atoms with E-state index in [-0.39, 0.29) is 18.3 Å². The van der Waals surface area contributed by atoms with E-state index in [0.29, 0.717) is 51.8 Å². The Hall–Kier alpha value is -3.95. The summed E-state index contributed by atoms with van der Waals surface area (Å²) in [6.07, 6.45) is 1.66. The molecule has 3 aromatic rings. The second kappa shape index (κ2) is 18.5. The third-order valence-electron chi connectivity index (χ3n) is 6.59. The topological polar surface area (TPSA) is 97.3 Å². The lowest BCUT2D eigenvalue weighted by molar-refractivity contribution is -0.149. The molecule has 3 aromatic carbocycles. The molecule has 3 rings (SSSR count). The molecule has 0 saturated carbocycles. The van der Waals surface area contributed by atoms with Crippen LogP contribution in [0.3, 0.4) is 0 Å². The molecule has 42 heavy (non-hydrogen) atoms. The lowest BCUT2D eigenvalue weighted by Crippen LogP contribution is -2.43. The molecule has 2 amide bonds. The largest absolute Gasteiger partial charge is 0.492 e. The van der Waals surface area contributed by atoms with Gasteiger partial charge in [0.1, 0.15) is 18.2 Å². The second-order valence-electron chi connectivity index (χ2n) is 9.82. The van der Waals surface area contributed by atoms with Crippen molar-refractivity contribution in [3.05, 3.63) is 101 Å². The summed E-state index contributed by atoms with van der Waals surface area (Å²) in [5, 5.41) is 12.3. The fourth-order valence-electron chi connectivity index (χ4n) is 4.29. The number of halogens is 1. The number of carboxylic acids is 1. The van der Waals surface area contributed by atoms with Crippen molar-refractivity contribution in [2.45, 2.75) is 45.3 Å². The molecule has 1 atom stereocenters. The third-order valence-corrected chi connectivity index (χ3v) is 6.59. The Morgan fingerprint density at radius 1 is 0.881 bits per heavy atom. The van der Waals surface area contributed by atoms with Crippen LogP contribution in [-0.2, 0) is 33.7 Å². The number of carbonyl (C=O) groups excluding carboxylic acids is 1. The molecule has 0 radical (unpaired) electrons. The maximum absolute atomic E-state index is 13.1. The Morgan fingerprint density at radius 2 is 1.60 bits per heavy atom. The van der Waals surface area contributed by atoms with E-state index in [1.54, 1.807) is 36.1 Å². The number of urea groups is 1. The standard InChI is InChI=1S/C33H41FN2O6/c1-2-41-31(32(37)38)24-27-12-16-30(17-13-27)42-23-21-36(33(39)35-19-18-26-8-4-3-5-9-26)20-6-7-22-40-25-28-10-14-29(34)15-11-28/h3-5,8-17,31H,2,6-7,18-25H2,1H3,(H,35,39)(H,37,38). The van der Waals surface area contributed by atoms with Crippen molar-refractivity contribution >= 4 is 12.0 Å². The van der Waals surface area contributed by atoms with Crippen LogP contribution in [0.5, 0.6) is 5.75 Å². The second-order valence-corrected chi connectivity index (χ2v) is 9.82. The van der Waals surface area contributed by atoms with Gasteiger partial charge in [-0.05, 0) is 67.1 Å². The Kier molecular flexibility index (Phi) is 14.3. The normalized spacial score (nSPS) is 11.6. The highest BCUT2D eigenvalue weighted by molar-refractivity contribution is 5.74. The quantitative estimate of drug-likeness (QED) is 0.182. The average molecular weight is 581 g/mol. The highest BCUT2D eigenvalue weighted by Gasteiger charge is 2.18. The molecule has 0 spiro atoms. The molecule has 0 aliphatic rings. The number of nitrogens with one attached hydrogen (secondary N) is 1. The Bertz CT molecular complexity index is 1190. The number of ether oxygens (including phenoxy) is 3. The van der Waals surface area contributed by atoms with Gasteiger partial charge in [-0.15, -0.1) is 0 Å². The molecule has 0 aliphatic carbocycles. The van der Waals surface area contributed by atoms with Crippen LogP contribution in [0.1, 0.15) is 36.5 Å². The number of rotatable bonds is 19. The zero-order chi connectivity index (χ0) is 30.0. The first kappa shape index (κ1) is 32.6. The zero-order valence-electron chi connectivity index (χ0n) is 24.2. The van der Waals surface area contributed by atoms with Crippen molar-refractivity contribution in [3.63, 3.8) is 0 Å². The molecule has 2 N–H and O–H groups in total. The first-order valence-electron chi connectivity index (χ1n) is 14.4. The molecular weight excluding hydrogens is 539 g/mol. The van der Waals surface area contributed by atoms with Gasteiger partial charge in [0, 0.05) is 32.7 Å². The molecule has 226 valence electrons. The van der Waals surface area contributed by atoms with Gasteiger partial charge < -0.3 is 29.5 Å². The van der Waals surface area contributed by atoms with E-state index in [0.717, 1.165) is 36.0 Å². The summed E-state index contributed by atoms with van der Waals surface area (Å²) in [5.41, 5.74) is 2.91. The number of hydrogen-bond acceptors (Lipinski definition) is 5. The van der Waals surface area contributed by atoms with Crippen molar-refractivity contribution in [2.24, 2.45) is 0 Å². The number of carbonyl (C=O) groups is 2. The molecular formula is C33H41FN2O6. The van der Waals surface area contributed by atoms with E-state index in [4.69, 9.17) is 14.2 Å². The van der Waals surface area contributed by atoms with Gasteiger partial charge in [0.05, 0.1) is 13.2 Å². The van der Waals surface area contributed by atoms with Crippen LogP contribution in [0.2, 0.25) is 0 Å². The summed E-state index contributed by atoms with van der Waals surface area (Å²) >= 11 is 0. The molecule has 0 heterocycles. The summed E-state index contributed by atoms with van der Waals surface area (Å²) in [4.78, 5) is 26.1. The SMILES string of the molecule is CCOC(Cc1ccc(OCCN(CCCCOCc2ccc(F)cc2)C(=O)NCCc2ccccc2)cc1)C(=O)O. The molecule has 1 unspecified atom stereocenters. The number of amides is 2. The molecule has 0 fully saturated rings. The van der Waals surface area contributed by atoms with Crippen molar-refractivity contribution < 1.29 is 33.3 Å². The smallest absolute Gasteiger partial charge is 0.333 e. The van der Waals surface area contributed by atoms with Crippen molar-refractivity contribution in [2.75, 3.05) is 39.5 Å². The van der Waals surface area contributed by atoms with Gasteiger partial charge in [0.15, 0.2) is 6.10 Å². The van der Waals surface area contributed by atoms with Gasteiger partial charge in [-0.3, -0.25) is 0 Å². The molecule has 0 saturated heterocycles. The number of unbranched alkanes of at least 4 members (excludes halogenated alkanes) is 1. The van der Waals surface area contributed by atoms with Crippen molar-refractivity contribution in [1.82, 2.24) is 10.2 Å². The number of aliphatic carboxylic acids is 1. The molecule has 8 nitrogen and oxygen atoms in total. The van der Waals surface area contributed by atoms with E-state index < -0.39 is 12.1 Å². The number of carboxylic acid groups (broad SMARTS) is 1. The Labute approximate surface area is 247 Å². The van der Waals surface area contributed by atoms with Crippen LogP contribution in [0.15, 0.2) is 78.9 Å². The van der Waals surface area contributed by atoms with Crippen molar-refractivity contribution in [3.8, 4) is 5.75 Å². The third kappa shape index (κ3) is 12.3. The Morgan fingerprint density at radius 3 is 2.29 bits per heavy atom. The van der Waals surface area contributed by atoms with Crippen LogP contribution in [0.4, 0.5) is 9.18 Å². The maximum Gasteiger partial charge on any atom is 0.333 e. The van der Waals surface area contributed by atoms with Crippen molar-refractivity contribution in [1.29, 1.82) is 0 Å². The summed E-state index contributed by atoms with van der Waals surface area (Å²) < 4.78 is 30.0. The first-order chi connectivity index (χ1) is 20.4. The van der Waals surface area contributed by atoms with Gasteiger partial charge >= 0.3 is 12.0 Å². The molecule has 9 heteroatoms. The van der Waals surface area contributed by atoms with Crippen LogP contribution in [0, 0.1) is 5.82 Å². The van der Waals surface area contributed by atoms with Gasteiger partial charge in [-0.2, -0.15) is 0 Å². The maximum atomic E-state index is 13.1. The minimum Gasteiger partial charge on any atom is -0.492 e. The summed E-state index contributed by atoms with van der Waals surface area (Å²) in [6, 6.07) is 23.3. The van der Waals surface area contributed by atoms with Crippen LogP contribution < -0.4 is 10.1 Å². The van der Waals surface area contributed by atoms with Gasteiger partial charge in [-0.25, -0.2) is 14.0 Å². The molecule has 0 bridgehead atoms.